The van der Waals surface area contributed by atoms with Crippen molar-refractivity contribution in [1.29, 1.82) is 0 Å². The number of hydrogen-bond acceptors (Lipinski definition) is 6. The predicted octanol–water partition coefficient (Wildman–Crippen LogP) is 1.96. The number of fused-ring (bicyclic) bond motifs is 1. The van der Waals surface area contributed by atoms with Crippen LogP contribution < -0.4 is 4.90 Å². The lowest BCUT2D eigenvalue weighted by Crippen LogP contribution is -2.44. The summed E-state index contributed by atoms with van der Waals surface area (Å²) in [6.45, 7) is 3.21. The van der Waals surface area contributed by atoms with E-state index in [4.69, 9.17) is 9.15 Å². The lowest BCUT2D eigenvalue weighted by molar-refractivity contribution is -0.144. The Balaban J connectivity index is 1.92. The monoisotopic (exact) mass is 357 g/mol. The number of aliphatic hydroxyl groups is 1. The molecule has 1 aromatic heterocycles. The second-order valence-corrected chi connectivity index (χ2v) is 6.08. The summed E-state index contributed by atoms with van der Waals surface area (Å²) < 4.78 is 10.2. The van der Waals surface area contributed by atoms with Crippen LogP contribution in [0.15, 0.2) is 40.8 Å². The number of rotatable bonds is 6. The van der Waals surface area contributed by atoms with Gasteiger partial charge < -0.3 is 14.3 Å². The first-order chi connectivity index (χ1) is 12.4. The number of aryl methyl sites for hydroxylation is 1. The van der Waals surface area contributed by atoms with Gasteiger partial charge in [0.2, 0.25) is 5.78 Å². The average Bonchev–Trinajstić information content (AvgIpc) is 3.12. The number of amides is 1. The minimum atomic E-state index is -2.05. The minimum absolute atomic E-state index is 0.0741. The third kappa shape index (κ3) is 3.01. The topological polar surface area (TPSA) is 97.0 Å². The van der Waals surface area contributed by atoms with Gasteiger partial charge in [0.25, 0.3) is 5.91 Å². The number of benzene rings is 1. The van der Waals surface area contributed by atoms with Crippen LogP contribution in [-0.4, -0.2) is 35.9 Å². The Hall–Kier alpha value is -2.93. The molecule has 7 heteroatoms. The maximum Gasteiger partial charge on any atom is 0.326 e. The smallest absolute Gasteiger partial charge is 0.326 e. The standard InChI is InChI=1S/C19H19NO6/c1-3-25-17(22)11-20-14-7-5-4-6-13(14)19(24,18(20)23)10-15(21)16-9-8-12(2)26-16/h4-9,24H,3,10-11H2,1-2H3/t19-/m1/s1. The molecule has 3 rings (SSSR count). The molecule has 0 radical (unpaired) electrons. The van der Waals surface area contributed by atoms with Gasteiger partial charge in [-0.2, -0.15) is 0 Å². The van der Waals surface area contributed by atoms with Crippen molar-refractivity contribution in [3.8, 4) is 0 Å². The third-order valence-corrected chi connectivity index (χ3v) is 4.26. The van der Waals surface area contributed by atoms with E-state index in [2.05, 4.69) is 0 Å². The van der Waals surface area contributed by atoms with Gasteiger partial charge in [0.05, 0.1) is 18.7 Å². The number of para-hydroxylation sites is 1. The van der Waals surface area contributed by atoms with Crippen LogP contribution in [0.3, 0.4) is 0 Å². The number of carbonyl (C=O) groups excluding carboxylic acids is 3. The first-order valence-electron chi connectivity index (χ1n) is 8.26. The summed E-state index contributed by atoms with van der Waals surface area (Å²) in [4.78, 5) is 38.4. The first-order valence-corrected chi connectivity index (χ1v) is 8.26. The molecule has 2 heterocycles. The Labute approximate surface area is 150 Å². The number of esters is 1. The molecular weight excluding hydrogens is 338 g/mol. The van der Waals surface area contributed by atoms with Crippen molar-refractivity contribution in [2.75, 3.05) is 18.1 Å². The Morgan fingerprint density at radius 1 is 1.23 bits per heavy atom. The van der Waals surface area contributed by atoms with Crippen LogP contribution >= 0.6 is 0 Å². The van der Waals surface area contributed by atoms with Crippen molar-refractivity contribution in [2.24, 2.45) is 0 Å². The van der Waals surface area contributed by atoms with E-state index in [1.54, 1.807) is 44.2 Å². The van der Waals surface area contributed by atoms with Crippen molar-refractivity contribution < 1.29 is 28.6 Å². The van der Waals surface area contributed by atoms with E-state index in [1.807, 2.05) is 0 Å². The molecule has 2 aromatic rings. The summed E-state index contributed by atoms with van der Waals surface area (Å²) in [5.74, 6) is -1.19. The van der Waals surface area contributed by atoms with Crippen molar-refractivity contribution >= 4 is 23.3 Å². The number of furan rings is 1. The highest BCUT2D eigenvalue weighted by Gasteiger charge is 2.51. The van der Waals surface area contributed by atoms with E-state index in [1.165, 1.54) is 6.07 Å². The van der Waals surface area contributed by atoms with Crippen molar-refractivity contribution in [3.63, 3.8) is 0 Å². The molecule has 0 aliphatic carbocycles. The molecule has 1 aliphatic rings. The highest BCUT2D eigenvalue weighted by atomic mass is 16.5. The maximum absolute atomic E-state index is 12.9. The molecule has 0 unspecified atom stereocenters. The summed E-state index contributed by atoms with van der Waals surface area (Å²) in [5.41, 5.74) is -1.39. The Bertz CT molecular complexity index is 870. The molecule has 26 heavy (non-hydrogen) atoms. The number of anilines is 1. The van der Waals surface area contributed by atoms with Gasteiger partial charge in [-0.15, -0.1) is 0 Å². The van der Waals surface area contributed by atoms with Gasteiger partial charge in [-0.05, 0) is 32.0 Å². The van der Waals surface area contributed by atoms with Gasteiger partial charge in [-0.3, -0.25) is 19.3 Å². The fourth-order valence-electron chi connectivity index (χ4n) is 3.07. The Kier molecular flexibility index (Phi) is 4.65. The van der Waals surface area contributed by atoms with E-state index in [0.717, 1.165) is 4.90 Å². The van der Waals surface area contributed by atoms with Crippen LogP contribution in [0.25, 0.3) is 0 Å². The fraction of sp³-hybridized carbons (Fsp3) is 0.316. The van der Waals surface area contributed by atoms with Gasteiger partial charge in [0.15, 0.2) is 11.4 Å². The number of ether oxygens (including phenoxy) is 1. The minimum Gasteiger partial charge on any atom is -0.465 e. The lowest BCUT2D eigenvalue weighted by Gasteiger charge is -2.21. The number of ketones is 1. The van der Waals surface area contributed by atoms with Crippen LogP contribution in [0, 0.1) is 6.92 Å². The fourth-order valence-corrected chi connectivity index (χ4v) is 3.07. The molecule has 0 saturated carbocycles. The zero-order valence-electron chi connectivity index (χ0n) is 14.5. The van der Waals surface area contributed by atoms with Gasteiger partial charge in [-0.1, -0.05) is 18.2 Å². The molecule has 1 amide bonds. The molecule has 1 aromatic carbocycles. The van der Waals surface area contributed by atoms with Crippen molar-refractivity contribution in [1.82, 2.24) is 0 Å². The number of hydrogen-bond donors (Lipinski definition) is 1. The Morgan fingerprint density at radius 2 is 1.96 bits per heavy atom. The van der Waals surface area contributed by atoms with Crippen LogP contribution in [0.1, 0.15) is 35.2 Å². The normalized spacial score (nSPS) is 18.7. The highest BCUT2D eigenvalue weighted by molar-refractivity contribution is 6.12. The zero-order chi connectivity index (χ0) is 18.9. The molecular formula is C19H19NO6. The second kappa shape index (κ2) is 6.76. The van der Waals surface area contributed by atoms with Crippen molar-refractivity contribution in [2.45, 2.75) is 25.9 Å². The molecule has 0 fully saturated rings. The van der Waals surface area contributed by atoms with E-state index in [-0.39, 0.29) is 24.5 Å². The molecule has 0 saturated heterocycles. The largest absolute Gasteiger partial charge is 0.465 e. The van der Waals surface area contributed by atoms with E-state index >= 15 is 0 Å². The predicted molar refractivity (Wildman–Crippen MR) is 91.7 cm³/mol. The molecule has 0 bridgehead atoms. The average molecular weight is 357 g/mol. The summed E-state index contributed by atoms with van der Waals surface area (Å²) in [7, 11) is 0. The maximum atomic E-state index is 12.9. The van der Waals surface area contributed by atoms with Crippen LogP contribution in [0.5, 0.6) is 0 Å². The molecule has 7 nitrogen and oxygen atoms in total. The zero-order valence-corrected chi connectivity index (χ0v) is 14.5. The molecule has 1 N–H and O–H groups in total. The van der Waals surface area contributed by atoms with E-state index in [9.17, 15) is 19.5 Å². The molecule has 136 valence electrons. The van der Waals surface area contributed by atoms with Gasteiger partial charge in [-0.25, -0.2) is 0 Å². The van der Waals surface area contributed by atoms with Gasteiger partial charge in [0, 0.05) is 5.56 Å². The van der Waals surface area contributed by atoms with Gasteiger partial charge >= 0.3 is 5.97 Å². The Morgan fingerprint density at radius 3 is 2.62 bits per heavy atom. The molecule has 0 spiro atoms. The molecule has 1 atom stereocenters. The van der Waals surface area contributed by atoms with Crippen LogP contribution in [0.2, 0.25) is 0 Å². The van der Waals surface area contributed by atoms with E-state index < -0.39 is 29.7 Å². The molecule has 1 aliphatic heterocycles. The summed E-state index contributed by atoms with van der Waals surface area (Å²) in [6, 6.07) is 9.67. The number of carbonyl (C=O) groups is 3. The van der Waals surface area contributed by atoms with Crippen LogP contribution in [0.4, 0.5) is 5.69 Å². The third-order valence-electron chi connectivity index (χ3n) is 4.26. The van der Waals surface area contributed by atoms with Crippen molar-refractivity contribution in [3.05, 3.63) is 53.5 Å². The summed E-state index contributed by atoms with van der Waals surface area (Å²) in [5, 5.41) is 11.1. The SMILES string of the molecule is CCOC(=O)CN1C(=O)[C@@](O)(CC(=O)c2ccc(C)o2)c2ccccc21. The highest BCUT2D eigenvalue weighted by Crippen LogP contribution is 2.42. The van der Waals surface area contributed by atoms with Crippen LogP contribution in [-0.2, 0) is 19.9 Å². The summed E-state index contributed by atoms with van der Waals surface area (Å²) >= 11 is 0. The lowest BCUT2D eigenvalue weighted by atomic mass is 9.89. The number of Topliss-reactive ketones (excluding diaryl/α,β-unsaturated/α-hetero) is 1. The first kappa shape index (κ1) is 17.9. The summed E-state index contributed by atoms with van der Waals surface area (Å²) in [6.07, 6.45) is -0.477. The van der Waals surface area contributed by atoms with Gasteiger partial charge in [0.1, 0.15) is 12.3 Å². The van der Waals surface area contributed by atoms with E-state index in [0.29, 0.717) is 11.4 Å². The number of nitrogens with zero attached hydrogens (tertiary/aromatic N) is 1. The second-order valence-electron chi connectivity index (χ2n) is 6.08. The quantitative estimate of drug-likeness (QED) is 0.627.